The molecular formula is C18H24N4O6. The maximum Gasteiger partial charge on any atom is 0.323 e. The number of amides is 2. The van der Waals surface area contributed by atoms with E-state index in [1.54, 1.807) is 23.6 Å². The molecule has 1 fully saturated rings. The molecule has 2 rings (SSSR count). The third-order valence-corrected chi connectivity index (χ3v) is 4.74. The number of carbonyl (C=O) groups is 3. The van der Waals surface area contributed by atoms with Crippen molar-refractivity contribution in [1.29, 1.82) is 0 Å². The summed E-state index contributed by atoms with van der Waals surface area (Å²) in [4.78, 5) is 45.0. The van der Waals surface area contributed by atoms with Crippen LogP contribution in [-0.4, -0.2) is 37.6 Å². The van der Waals surface area contributed by atoms with Gasteiger partial charge in [0.2, 0.25) is 0 Å². The molecule has 0 radical (unpaired) electrons. The van der Waals surface area contributed by atoms with Crippen molar-refractivity contribution < 1.29 is 23.9 Å². The highest BCUT2D eigenvalue weighted by molar-refractivity contribution is 6.39. The predicted molar refractivity (Wildman–Crippen MR) is 100 cm³/mol. The van der Waals surface area contributed by atoms with E-state index in [0.717, 1.165) is 31.2 Å². The molecule has 2 amide bonds. The van der Waals surface area contributed by atoms with Crippen LogP contribution < -0.4 is 16.6 Å². The number of anilines is 1. The topological polar surface area (TPSA) is 149 Å². The molecule has 0 spiro atoms. The zero-order valence-electron chi connectivity index (χ0n) is 15.6. The van der Waals surface area contributed by atoms with Crippen LogP contribution in [0.4, 0.5) is 11.4 Å². The Morgan fingerprint density at radius 1 is 1.18 bits per heavy atom. The lowest BCUT2D eigenvalue weighted by atomic mass is 9.82. The molecule has 4 N–H and O–H groups in total. The van der Waals surface area contributed by atoms with Gasteiger partial charge in [0, 0.05) is 0 Å². The van der Waals surface area contributed by atoms with Gasteiger partial charge in [0.25, 0.3) is 0 Å². The molecule has 0 aromatic heterocycles. The lowest BCUT2D eigenvalue weighted by molar-refractivity contribution is -0.142. The smallest absolute Gasteiger partial charge is 0.323 e. The second-order valence-electron chi connectivity index (χ2n) is 6.47. The third-order valence-electron chi connectivity index (χ3n) is 4.74. The van der Waals surface area contributed by atoms with E-state index in [1.165, 1.54) is 7.11 Å². The molecule has 10 heteroatoms. The Balaban J connectivity index is 1.92. The van der Waals surface area contributed by atoms with Gasteiger partial charge in [-0.15, -0.1) is 4.91 Å². The van der Waals surface area contributed by atoms with Crippen molar-refractivity contribution in [3.05, 3.63) is 28.7 Å². The Morgan fingerprint density at radius 3 is 2.50 bits per heavy atom. The summed E-state index contributed by atoms with van der Waals surface area (Å²) in [7, 11) is 1.35. The first kappa shape index (κ1) is 21.5. The Kier molecular flexibility index (Phi) is 8.02. The number of nitrogens with two attached hydrogens (primary N) is 1. The first-order valence-corrected chi connectivity index (χ1v) is 8.96. The van der Waals surface area contributed by atoms with Crippen molar-refractivity contribution in [3.8, 4) is 0 Å². The second kappa shape index (κ2) is 10.5. The van der Waals surface area contributed by atoms with Crippen molar-refractivity contribution >= 4 is 29.2 Å². The van der Waals surface area contributed by atoms with Crippen LogP contribution in [0.25, 0.3) is 0 Å². The lowest BCUT2D eigenvalue weighted by Gasteiger charge is -2.29. The van der Waals surface area contributed by atoms with Gasteiger partial charge < -0.3 is 14.8 Å². The van der Waals surface area contributed by atoms with E-state index in [1.807, 2.05) is 0 Å². The molecule has 1 aliphatic carbocycles. The van der Waals surface area contributed by atoms with Crippen LogP contribution in [0.3, 0.4) is 0 Å². The summed E-state index contributed by atoms with van der Waals surface area (Å²) >= 11 is 0. The van der Waals surface area contributed by atoms with Gasteiger partial charge >= 0.3 is 17.8 Å². The summed E-state index contributed by atoms with van der Waals surface area (Å²) in [5, 5.41) is 5.25. The standard InChI is InChI=1S/C18H24N4O6/c1-27-16(23)8-9-28-13-5-2-11(3-6-13)12-4-7-14(15(10-12)22-26)20-17(24)18(25)21-19/h4,7,10-11,13H,2-3,5-6,8-9,19H2,1H3,(H,20,24)(H,21,25)/t11-,13-. The van der Waals surface area contributed by atoms with Crippen molar-refractivity contribution in [1.82, 2.24) is 5.43 Å². The molecular weight excluding hydrogens is 368 g/mol. The maximum atomic E-state index is 11.6. The molecule has 1 aliphatic rings. The van der Waals surface area contributed by atoms with Gasteiger partial charge in [-0.05, 0) is 54.5 Å². The van der Waals surface area contributed by atoms with Gasteiger partial charge in [0.15, 0.2) is 0 Å². The average Bonchev–Trinajstić information content (AvgIpc) is 2.73. The zero-order chi connectivity index (χ0) is 20.5. The number of hydrogen-bond acceptors (Lipinski definition) is 8. The maximum absolute atomic E-state index is 11.6. The second-order valence-corrected chi connectivity index (χ2v) is 6.47. The number of hydrogen-bond donors (Lipinski definition) is 3. The molecule has 0 atom stereocenters. The van der Waals surface area contributed by atoms with Crippen molar-refractivity contribution in [2.24, 2.45) is 11.0 Å². The number of nitrogens with one attached hydrogen (secondary N) is 2. The van der Waals surface area contributed by atoms with Gasteiger partial charge in [0.05, 0.1) is 31.9 Å². The fourth-order valence-electron chi connectivity index (χ4n) is 3.20. The Labute approximate surface area is 162 Å². The monoisotopic (exact) mass is 392 g/mol. The third kappa shape index (κ3) is 5.83. The molecule has 28 heavy (non-hydrogen) atoms. The van der Waals surface area contributed by atoms with Gasteiger partial charge in [-0.2, -0.15) is 0 Å². The van der Waals surface area contributed by atoms with Crippen LogP contribution in [0, 0.1) is 4.91 Å². The number of carbonyl (C=O) groups excluding carboxylic acids is 3. The number of ether oxygens (including phenoxy) is 2. The molecule has 152 valence electrons. The van der Waals surface area contributed by atoms with Gasteiger partial charge in [-0.1, -0.05) is 6.07 Å². The summed E-state index contributed by atoms with van der Waals surface area (Å²) in [6, 6.07) is 4.96. The fourth-order valence-corrected chi connectivity index (χ4v) is 3.20. The highest BCUT2D eigenvalue weighted by Gasteiger charge is 2.24. The van der Waals surface area contributed by atoms with Crippen LogP contribution in [0.5, 0.6) is 0 Å². The van der Waals surface area contributed by atoms with Crippen molar-refractivity contribution in [2.75, 3.05) is 19.0 Å². The summed E-state index contributed by atoms with van der Waals surface area (Å²) in [6.07, 6.45) is 3.73. The number of hydrazine groups is 1. The molecule has 1 aromatic carbocycles. The Hall–Kier alpha value is -2.85. The molecule has 10 nitrogen and oxygen atoms in total. The number of nitrogens with zero attached hydrogens (tertiary/aromatic N) is 1. The zero-order valence-corrected chi connectivity index (χ0v) is 15.6. The van der Waals surface area contributed by atoms with Gasteiger partial charge in [-0.3, -0.25) is 19.8 Å². The molecule has 0 aliphatic heterocycles. The summed E-state index contributed by atoms with van der Waals surface area (Å²) < 4.78 is 10.3. The van der Waals surface area contributed by atoms with E-state index in [0.29, 0.717) is 6.61 Å². The van der Waals surface area contributed by atoms with Gasteiger partial charge in [0.1, 0.15) is 5.69 Å². The molecule has 0 saturated heterocycles. The van der Waals surface area contributed by atoms with Crippen molar-refractivity contribution in [2.45, 2.75) is 44.1 Å². The first-order chi connectivity index (χ1) is 13.5. The Morgan fingerprint density at radius 2 is 1.89 bits per heavy atom. The average molecular weight is 392 g/mol. The molecule has 1 aromatic rings. The van der Waals surface area contributed by atoms with Crippen LogP contribution in [0.2, 0.25) is 0 Å². The SMILES string of the molecule is COC(=O)CCO[C@H]1CC[C@H](c2ccc(NC(=O)C(=O)NN)c(N=O)c2)CC1. The van der Waals surface area contributed by atoms with E-state index in [4.69, 9.17) is 10.6 Å². The summed E-state index contributed by atoms with van der Waals surface area (Å²) in [5.41, 5.74) is 2.84. The minimum absolute atomic E-state index is 0.0483. The lowest BCUT2D eigenvalue weighted by Crippen LogP contribution is -2.39. The molecule has 0 unspecified atom stereocenters. The van der Waals surface area contributed by atoms with Crippen molar-refractivity contribution in [3.63, 3.8) is 0 Å². The van der Waals surface area contributed by atoms with Gasteiger partial charge in [-0.25, -0.2) is 5.84 Å². The van der Waals surface area contributed by atoms with Crippen LogP contribution in [0.1, 0.15) is 43.6 Å². The Bertz CT molecular complexity index is 731. The van der Waals surface area contributed by atoms with E-state index >= 15 is 0 Å². The number of benzene rings is 1. The van der Waals surface area contributed by atoms with Crippen LogP contribution >= 0.6 is 0 Å². The minimum Gasteiger partial charge on any atom is -0.469 e. The number of nitroso groups, excluding NO2 is 1. The fraction of sp³-hybridized carbons (Fsp3) is 0.500. The number of esters is 1. The van der Waals surface area contributed by atoms with E-state index in [-0.39, 0.29) is 35.8 Å². The number of methoxy groups -OCH3 is 1. The summed E-state index contributed by atoms with van der Waals surface area (Å²) in [5.74, 6) is 2.84. The number of rotatable bonds is 7. The van der Waals surface area contributed by atoms with E-state index in [2.05, 4.69) is 15.2 Å². The molecule has 0 heterocycles. The van der Waals surface area contributed by atoms with E-state index < -0.39 is 11.8 Å². The molecule has 1 saturated carbocycles. The highest BCUT2D eigenvalue weighted by atomic mass is 16.5. The van der Waals surface area contributed by atoms with Crippen LogP contribution in [-0.2, 0) is 23.9 Å². The summed E-state index contributed by atoms with van der Waals surface area (Å²) in [6.45, 7) is 0.339. The molecule has 0 bridgehead atoms. The highest BCUT2D eigenvalue weighted by Crippen LogP contribution is 2.37. The minimum atomic E-state index is -1.02. The largest absolute Gasteiger partial charge is 0.469 e. The van der Waals surface area contributed by atoms with E-state index in [9.17, 15) is 19.3 Å². The first-order valence-electron chi connectivity index (χ1n) is 8.96. The predicted octanol–water partition coefficient (Wildman–Crippen LogP) is 1.62. The normalized spacial score (nSPS) is 18.8. The van der Waals surface area contributed by atoms with Crippen LogP contribution in [0.15, 0.2) is 23.4 Å². The quantitative estimate of drug-likeness (QED) is 0.159.